The van der Waals surface area contributed by atoms with Gasteiger partial charge in [0.05, 0.1) is 0 Å². The maximum Gasteiger partial charge on any atom is 0.0233 e. The predicted molar refractivity (Wildman–Crippen MR) is 61.3 cm³/mol. The number of nitrogens with zero attached hydrogens (tertiary/aromatic N) is 1. The van der Waals surface area contributed by atoms with Crippen molar-refractivity contribution < 1.29 is 0 Å². The summed E-state index contributed by atoms with van der Waals surface area (Å²) in [6, 6.07) is 0.896. The fourth-order valence-electron chi connectivity index (χ4n) is 1.77. The second kappa shape index (κ2) is 4.60. The third kappa shape index (κ3) is 3.23. The van der Waals surface area contributed by atoms with Gasteiger partial charge in [0.15, 0.2) is 0 Å². The zero-order valence-electron chi connectivity index (χ0n) is 10.0. The van der Waals surface area contributed by atoms with Crippen molar-refractivity contribution in [3.63, 3.8) is 0 Å². The molecule has 0 aliphatic carbocycles. The lowest BCUT2D eigenvalue weighted by Crippen LogP contribution is -2.52. The fraction of sp³-hybridized carbons (Fsp3) is 1.00. The van der Waals surface area contributed by atoms with Crippen molar-refractivity contribution in [2.75, 3.05) is 26.7 Å². The molecule has 1 saturated heterocycles. The molecule has 1 aliphatic rings. The summed E-state index contributed by atoms with van der Waals surface area (Å²) in [6.45, 7) is 9.98. The molecule has 0 aromatic heterocycles. The highest BCUT2D eigenvalue weighted by molar-refractivity contribution is 4.86. The Morgan fingerprint density at radius 2 is 2.14 bits per heavy atom. The van der Waals surface area contributed by atoms with E-state index in [-0.39, 0.29) is 11.5 Å². The summed E-state index contributed by atoms with van der Waals surface area (Å²) >= 11 is 0. The first-order valence-electron chi connectivity index (χ1n) is 5.58. The number of nitrogens with one attached hydrogen (secondary N) is 1. The smallest absolute Gasteiger partial charge is 0.0233 e. The molecule has 1 rings (SSSR count). The molecule has 0 spiro atoms. The fourth-order valence-corrected chi connectivity index (χ4v) is 1.77. The van der Waals surface area contributed by atoms with Gasteiger partial charge in [-0.3, -0.25) is 0 Å². The van der Waals surface area contributed by atoms with Gasteiger partial charge >= 0.3 is 0 Å². The molecule has 2 atom stereocenters. The molecular weight excluding hydrogens is 174 g/mol. The minimum absolute atomic E-state index is 0.221. The summed E-state index contributed by atoms with van der Waals surface area (Å²) in [5.41, 5.74) is 6.41. The van der Waals surface area contributed by atoms with E-state index in [0.29, 0.717) is 6.04 Å². The lowest BCUT2D eigenvalue weighted by molar-refractivity contribution is 0.158. The predicted octanol–water partition coefficient (Wildman–Crippen LogP) is 0.654. The van der Waals surface area contributed by atoms with Crippen molar-refractivity contribution in [2.24, 2.45) is 11.1 Å². The number of rotatable bonds is 2. The van der Waals surface area contributed by atoms with E-state index in [1.54, 1.807) is 0 Å². The molecule has 0 amide bonds. The average molecular weight is 199 g/mol. The van der Waals surface area contributed by atoms with Crippen LogP contribution in [0.2, 0.25) is 0 Å². The van der Waals surface area contributed by atoms with Gasteiger partial charge in [0.25, 0.3) is 0 Å². The minimum Gasteiger partial charge on any atom is -0.327 e. The molecule has 0 saturated carbocycles. The quantitative estimate of drug-likeness (QED) is 0.686. The minimum atomic E-state index is 0.221. The molecule has 3 N–H and O–H groups in total. The van der Waals surface area contributed by atoms with Gasteiger partial charge in [0, 0.05) is 31.7 Å². The molecule has 2 unspecified atom stereocenters. The van der Waals surface area contributed by atoms with Crippen LogP contribution in [0.3, 0.4) is 0 Å². The third-order valence-corrected chi connectivity index (χ3v) is 3.28. The lowest BCUT2D eigenvalue weighted by Gasteiger charge is -2.37. The number of piperazine rings is 1. The van der Waals surface area contributed by atoms with E-state index in [1.807, 2.05) is 0 Å². The summed E-state index contributed by atoms with van der Waals surface area (Å²) in [4.78, 5) is 2.42. The van der Waals surface area contributed by atoms with Gasteiger partial charge in [-0.15, -0.1) is 0 Å². The van der Waals surface area contributed by atoms with Crippen molar-refractivity contribution in [3.05, 3.63) is 0 Å². The Morgan fingerprint density at radius 1 is 1.50 bits per heavy atom. The molecule has 0 aromatic rings. The van der Waals surface area contributed by atoms with Crippen molar-refractivity contribution in [2.45, 2.75) is 39.3 Å². The normalized spacial score (nSPS) is 27.6. The van der Waals surface area contributed by atoms with Gasteiger partial charge in [-0.25, -0.2) is 0 Å². The van der Waals surface area contributed by atoms with Crippen LogP contribution in [0.1, 0.15) is 27.2 Å². The molecule has 0 radical (unpaired) electrons. The molecule has 84 valence electrons. The Bertz CT molecular complexity index is 174. The van der Waals surface area contributed by atoms with Gasteiger partial charge < -0.3 is 16.0 Å². The first-order chi connectivity index (χ1) is 6.41. The second-order valence-electron chi connectivity index (χ2n) is 5.55. The van der Waals surface area contributed by atoms with Crippen LogP contribution in [-0.2, 0) is 0 Å². The largest absolute Gasteiger partial charge is 0.327 e. The van der Waals surface area contributed by atoms with Gasteiger partial charge in [-0.05, 0) is 18.9 Å². The molecule has 1 fully saturated rings. The molecule has 1 aliphatic heterocycles. The number of hydrogen-bond donors (Lipinski definition) is 2. The van der Waals surface area contributed by atoms with Gasteiger partial charge in [-0.2, -0.15) is 0 Å². The monoisotopic (exact) mass is 199 g/mol. The molecule has 0 aromatic carbocycles. The Hall–Kier alpha value is -0.120. The summed E-state index contributed by atoms with van der Waals surface area (Å²) < 4.78 is 0. The van der Waals surface area contributed by atoms with E-state index in [2.05, 4.69) is 38.0 Å². The lowest BCUT2D eigenvalue weighted by atomic mass is 9.83. The zero-order valence-corrected chi connectivity index (χ0v) is 10.0. The van der Waals surface area contributed by atoms with Gasteiger partial charge in [0.2, 0.25) is 0 Å². The Balaban J connectivity index is 2.42. The SMILES string of the molecule is CN1CCNCC1CC(N)C(C)(C)C. The van der Waals surface area contributed by atoms with Crippen LogP contribution >= 0.6 is 0 Å². The Morgan fingerprint density at radius 3 is 2.64 bits per heavy atom. The number of likely N-dealkylation sites (N-methyl/N-ethyl adjacent to an activating group) is 1. The van der Waals surface area contributed by atoms with Crippen molar-refractivity contribution in [1.29, 1.82) is 0 Å². The number of nitrogens with two attached hydrogens (primary N) is 1. The van der Waals surface area contributed by atoms with E-state index >= 15 is 0 Å². The highest BCUT2D eigenvalue weighted by Crippen LogP contribution is 2.22. The zero-order chi connectivity index (χ0) is 10.8. The average Bonchev–Trinajstić information content (AvgIpc) is 2.07. The molecule has 0 bridgehead atoms. The maximum absolute atomic E-state index is 6.19. The molecule has 3 heteroatoms. The van der Waals surface area contributed by atoms with Crippen molar-refractivity contribution in [3.8, 4) is 0 Å². The molecular formula is C11H25N3. The topological polar surface area (TPSA) is 41.3 Å². The first-order valence-corrected chi connectivity index (χ1v) is 5.58. The summed E-state index contributed by atoms with van der Waals surface area (Å²) in [5.74, 6) is 0. The first kappa shape index (κ1) is 12.0. The van der Waals surface area contributed by atoms with Crippen LogP contribution in [0.5, 0.6) is 0 Å². The molecule has 14 heavy (non-hydrogen) atoms. The third-order valence-electron chi connectivity index (χ3n) is 3.28. The highest BCUT2D eigenvalue weighted by Gasteiger charge is 2.27. The van der Waals surface area contributed by atoms with E-state index in [1.165, 1.54) is 0 Å². The number of hydrogen-bond acceptors (Lipinski definition) is 3. The summed E-state index contributed by atoms with van der Waals surface area (Å²) in [5, 5.41) is 3.42. The van der Waals surface area contributed by atoms with E-state index in [0.717, 1.165) is 26.1 Å². The Labute approximate surface area is 88.0 Å². The van der Waals surface area contributed by atoms with Crippen LogP contribution in [0.25, 0.3) is 0 Å². The molecule has 3 nitrogen and oxygen atoms in total. The van der Waals surface area contributed by atoms with Crippen LogP contribution in [-0.4, -0.2) is 43.7 Å². The van der Waals surface area contributed by atoms with E-state index in [9.17, 15) is 0 Å². The Kier molecular flexibility index (Phi) is 3.93. The van der Waals surface area contributed by atoms with E-state index < -0.39 is 0 Å². The summed E-state index contributed by atoms with van der Waals surface area (Å²) in [6.07, 6.45) is 1.09. The van der Waals surface area contributed by atoms with Crippen LogP contribution in [0.15, 0.2) is 0 Å². The molecule has 1 heterocycles. The highest BCUT2D eigenvalue weighted by atomic mass is 15.2. The van der Waals surface area contributed by atoms with Gasteiger partial charge in [-0.1, -0.05) is 20.8 Å². The van der Waals surface area contributed by atoms with E-state index in [4.69, 9.17) is 5.73 Å². The van der Waals surface area contributed by atoms with Crippen LogP contribution in [0, 0.1) is 5.41 Å². The van der Waals surface area contributed by atoms with Crippen LogP contribution < -0.4 is 11.1 Å². The van der Waals surface area contributed by atoms with Crippen molar-refractivity contribution >= 4 is 0 Å². The van der Waals surface area contributed by atoms with Crippen molar-refractivity contribution in [1.82, 2.24) is 10.2 Å². The van der Waals surface area contributed by atoms with Gasteiger partial charge in [0.1, 0.15) is 0 Å². The van der Waals surface area contributed by atoms with Crippen LogP contribution in [0.4, 0.5) is 0 Å². The standard InChI is InChI=1S/C11H25N3/c1-11(2,3)10(12)7-9-8-13-5-6-14(9)4/h9-10,13H,5-8,12H2,1-4H3. The summed E-state index contributed by atoms with van der Waals surface area (Å²) in [7, 11) is 2.20. The second-order valence-corrected chi connectivity index (χ2v) is 5.55. The maximum atomic E-state index is 6.19.